The summed E-state index contributed by atoms with van der Waals surface area (Å²) in [6.45, 7) is -0.395. The normalized spacial score (nSPS) is 10.8. The molecule has 1 amide bonds. The van der Waals surface area contributed by atoms with E-state index in [4.69, 9.17) is 10.5 Å². The summed E-state index contributed by atoms with van der Waals surface area (Å²) in [6, 6.07) is 10.4. The number of rotatable bonds is 7. The first-order chi connectivity index (χ1) is 12.2. The molecule has 2 rings (SSSR count). The fraction of sp³-hybridized carbons (Fsp3) is 0.133. The lowest BCUT2D eigenvalue weighted by Crippen LogP contribution is -2.22. The van der Waals surface area contributed by atoms with E-state index >= 15 is 0 Å². The molecular formula is C15H16N4O6S. The van der Waals surface area contributed by atoms with Gasteiger partial charge in [-0.25, -0.2) is 8.42 Å². The second-order valence-corrected chi connectivity index (χ2v) is 6.91. The molecule has 4 N–H and O–H groups in total. The largest absolute Gasteiger partial charge is 0.455 e. The van der Waals surface area contributed by atoms with E-state index in [1.165, 1.54) is 0 Å². The monoisotopic (exact) mass is 380 g/mol. The van der Waals surface area contributed by atoms with Gasteiger partial charge in [0, 0.05) is 0 Å². The van der Waals surface area contributed by atoms with Gasteiger partial charge in [-0.05, 0) is 18.2 Å². The highest BCUT2D eigenvalue weighted by molar-refractivity contribution is 7.92. The number of amides is 1. The van der Waals surface area contributed by atoms with Gasteiger partial charge in [-0.3, -0.25) is 19.6 Å². The first-order valence-electron chi connectivity index (χ1n) is 7.22. The number of para-hydroxylation sites is 1. The van der Waals surface area contributed by atoms with Crippen LogP contribution >= 0.6 is 0 Å². The predicted molar refractivity (Wildman–Crippen MR) is 95.8 cm³/mol. The lowest BCUT2D eigenvalue weighted by molar-refractivity contribution is -0.384. The summed E-state index contributed by atoms with van der Waals surface area (Å²) in [6.07, 6.45) is 0.916. The van der Waals surface area contributed by atoms with Crippen molar-refractivity contribution in [3.63, 3.8) is 0 Å². The zero-order chi connectivity index (χ0) is 19.3. The summed E-state index contributed by atoms with van der Waals surface area (Å²) in [4.78, 5) is 22.1. The van der Waals surface area contributed by atoms with Gasteiger partial charge >= 0.3 is 0 Å². The van der Waals surface area contributed by atoms with Crippen LogP contribution in [-0.2, 0) is 14.8 Å². The number of nitrogens with one attached hydrogen (secondary N) is 2. The molecule has 10 nitrogen and oxygen atoms in total. The maximum absolute atomic E-state index is 11.6. The third-order valence-corrected chi connectivity index (χ3v) is 3.61. The lowest BCUT2D eigenvalue weighted by Gasteiger charge is -2.14. The van der Waals surface area contributed by atoms with Crippen LogP contribution in [0.15, 0.2) is 42.5 Å². The molecule has 138 valence electrons. The van der Waals surface area contributed by atoms with E-state index < -0.39 is 33.1 Å². The Balaban J connectivity index is 2.57. The predicted octanol–water partition coefficient (Wildman–Crippen LogP) is 1.66. The minimum absolute atomic E-state index is 0.0747. The van der Waals surface area contributed by atoms with Crippen molar-refractivity contribution in [2.24, 2.45) is 5.73 Å². The number of ether oxygens (including phenoxy) is 1. The smallest absolute Gasteiger partial charge is 0.296 e. The molecule has 0 saturated carbocycles. The molecule has 0 aromatic heterocycles. The third-order valence-electron chi connectivity index (χ3n) is 3.02. The highest BCUT2D eigenvalue weighted by Gasteiger charge is 2.22. The van der Waals surface area contributed by atoms with Gasteiger partial charge in [0.15, 0.2) is 5.75 Å². The summed E-state index contributed by atoms with van der Waals surface area (Å²) >= 11 is 0. The summed E-state index contributed by atoms with van der Waals surface area (Å²) in [5.41, 5.74) is 4.44. The zero-order valence-electron chi connectivity index (χ0n) is 13.6. The van der Waals surface area contributed by atoms with Crippen LogP contribution < -0.4 is 20.5 Å². The number of nitrogens with two attached hydrogens (primary N) is 1. The second kappa shape index (κ2) is 7.80. The zero-order valence-corrected chi connectivity index (χ0v) is 14.4. The Morgan fingerprint density at radius 3 is 2.42 bits per heavy atom. The van der Waals surface area contributed by atoms with Gasteiger partial charge in [0.2, 0.25) is 15.9 Å². The highest BCUT2D eigenvalue weighted by atomic mass is 32.2. The highest BCUT2D eigenvalue weighted by Crippen LogP contribution is 2.39. The maximum Gasteiger partial charge on any atom is 0.296 e. The van der Waals surface area contributed by atoms with Gasteiger partial charge in [-0.2, -0.15) is 0 Å². The van der Waals surface area contributed by atoms with Crippen LogP contribution in [0, 0.1) is 10.1 Å². The summed E-state index contributed by atoms with van der Waals surface area (Å²) in [5.74, 6) is -0.425. The number of sulfonamides is 1. The van der Waals surface area contributed by atoms with E-state index in [9.17, 15) is 23.3 Å². The van der Waals surface area contributed by atoms with Crippen LogP contribution in [0.3, 0.4) is 0 Å². The van der Waals surface area contributed by atoms with Gasteiger partial charge in [-0.1, -0.05) is 18.2 Å². The van der Waals surface area contributed by atoms with Crippen LogP contribution in [0.2, 0.25) is 0 Å². The Hall–Kier alpha value is -3.18. The van der Waals surface area contributed by atoms with Crippen molar-refractivity contribution >= 4 is 33.0 Å². The van der Waals surface area contributed by atoms with Crippen molar-refractivity contribution in [1.82, 2.24) is 0 Å². The molecule has 26 heavy (non-hydrogen) atoms. The molecule has 0 saturated heterocycles. The molecule has 0 unspecified atom stereocenters. The minimum atomic E-state index is -3.71. The van der Waals surface area contributed by atoms with Gasteiger partial charge in [-0.15, -0.1) is 0 Å². The molecule has 0 aliphatic heterocycles. The standard InChI is InChI=1S/C15H16N4O6S/c1-26(23,24)18-12-7-11(17-15(20)9-16)13(19(21)22)8-14(12)25-10-5-3-2-4-6-10/h2-8,18H,9,16H2,1H3,(H,17,20). The number of carbonyl (C=O) groups excluding carboxylic acids is 1. The molecule has 2 aromatic rings. The van der Waals surface area contributed by atoms with Crippen molar-refractivity contribution in [2.75, 3.05) is 22.8 Å². The van der Waals surface area contributed by atoms with Gasteiger partial charge in [0.05, 0.1) is 29.5 Å². The lowest BCUT2D eigenvalue weighted by atomic mass is 10.2. The van der Waals surface area contributed by atoms with Crippen molar-refractivity contribution in [2.45, 2.75) is 0 Å². The van der Waals surface area contributed by atoms with Crippen LogP contribution in [0.5, 0.6) is 11.5 Å². The number of carbonyl (C=O) groups is 1. The molecule has 0 heterocycles. The van der Waals surface area contributed by atoms with E-state index in [-0.39, 0.29) is 17.1 Å². The molecule has 0 aliphatic carbocycles. The minimum Gasteiger partial charge on any atom is -0.455 e. The van der Waals surface area contributed by atoms with Crippen molar-refractivity contribution in [3.05, 3.63) is 52.6 Å². The number of anilines is 2. The molecule has 0 aliphatic rings. The van der Waals surface area contributed by atoms with Crippen molar-refractivity contribution in [3.8, 4) is 11.5 Å². The number of nitrogens with zero attached hydrogens (tertiary/aromatic N) is 1. The Labute approximate surface area is 149 Å². The Morgan fingerprint density at radius 1 is 1.23 bits per heavy atom. The Bertz CT molecular complexity index is 931. The summed E-state index contributed by atoms with van der Waals surface area (Å²) in [5, 5.41) is 13.6. The first-order valence-corrected chi connectivity index (χ1v) is 9.12. The topological polar surface area (TPSA) is 154 Å². The average Bonchev–Trinajstić information content (AvgIpc) is 2.56. The molecule has 0 atom stereocenters. The first kappa shape index (κ1) is 19.1. The summed E-state index contributed by atoms with van der Waals surface area (Å²) < 4.78 is 31.0. The Morgan fingerprint density at radius 2 is 1.88 bits per heavy atom. The van der Waals surface area contributed by atoms with Gasteiger partial charge in [0.25, 0.3) is 5.69 Å². The molecule has 0 bridgehead atoms. The molecule has 0 fully saturated rings. The number of benzene rings is 2. The quantitative estimate of drug-likeness (QED) is 0.487. The fourth-order valence-corrected chi connectivity index (χ4v) is 2.56. The van der Waals surface area contributed by atoms with Crippen LogP contribution in [0.1, 0.15) is 0 Å². The number of nitro groups is 1. The van der Waals surface area contributed by atoms with Crippen molar-refractivity contribution in [1.29, 1.82) is 0 Å². The van der Waals surface area contributed by atoms with Gasteiger partial charge in [0.1, 0.15) is 11.4 Å². The molecule has 2 aromatic carbocycles. The van der Waals surface area contributed by atoms with E-state index in [0.29, 0.717) is 5.75 Å². The second-order valence-electron chi connectivity index (χ2n) is 5.16. The van der Waals surface area contributed by atoms with Crippen molar-refractivity contribution < 1.29 is 22.9 Å². The van der Waals surface area contributed by atoms with E-state index in [1.807, 2.05) is 0 Å². The fourth-order valence-electron chi connectivity index (χ4n) is 2.00. The summed E-state index contributed by atoms with van der Waals surface area (Å²) in [7, 11) is -3.71. The number of hydrogen-bond donors (Lipinski definition) is 3. The van der Waals surface area contributed by atoms with E-state index in [0.717, 1.165) is 18.4 Å². The molecule has 0 radical (unpaired) electrons. The SMILES string of the molecule is CS(=O)(=O)Nc1cc(NC(=O)CN)c([N+](=O)[O-])cc1Oc1ccccc1. The van der Waals surface area contributed by atoms with E-state index in [2.05, 4.69) is 10.0 Å². The third kappa shape index (κ3) is 5.16. The van der Waals surface area contributed by atoms with Gasteiger partial charge < -0.3 is 15.8 Å². The Kier molecular flexibility index (Phi) is 5.75. The number of hydrogen-bond acceptors (Lipinski definition) is 7. The molecule has 0 spiro atoms. The van der Waals surface area contributed by atoms with Crippen LogP contribution in [-0.4, -0.2) is 32.0 Å². The van der Waals surface area contributed by atoms with Crippen LogP contribution in [0.25, 0.3) is 0 Å². The molecule has 11 heteroatoms. The van der Waals surface area contributed by atoms with Crippen LogP contribution in [0.4, 0.5) is 17.1 Å². The molecular weight excluding hydrogens is 364 g/mol. The van der Waals surface area contributed by atoms with E-state index in [1.54, 1.807) is 30.3 Å². The maximum atomic E-state index is 11.6. The number of nitro benzene ring substituents is 1. The average molecular weight is 380 g/mol.